The van der Waals surface area contributed by atoms with Crippen LogP contribution in [-0.4, -0.2) is 26.0 Å². The zero-order valence-electron chi connectivity index (χ0n) is 7.96. The van der Waals surface area contributed by atoms with Crippen LogP contribution in [-0.2, 0) is 0 Å². The van der Waals surface area contributed by atoms with E-state index in [9.17, 15) is 9.90 Å². The molecular weight excluding hydrogens is 232 g/mol. The molecule has 0 saturated heterocycles. The maximum atomic E-state index is 10.7. The van der Waals surface area contributed by atoms with Crippen LogP contribution in [0.3, 0.4) is 0 Å². The maximum Gasteiger partial charge on any atom is 0.356 e. The maximum absolute atomic E-state index is 10.7. The van der Waals surface area contributed by atoms with E-state index < -0.39 is 5.97 Å². The Bertz CT molecular complexity index is 551. The van der Waals surface area contributed by atoms with E-state index in [-0.39, 0.29) is 16.6 Å². The van der Waals surface area contributed by atoms with Gasteiger partial charge in [-0.3, -0.25) is 0 Å². The van der Waals surface area contributed by atoms with Gasteiger partial charge in [-0.2, -0.15) is 5.10 Å². The number of phenols is 1. The van der Waals surface area contributed by atoms with Gasteiger partial charge in [0.1, 0.15) is 10.9 Å². The summed E-state index contributed by atoms with van der Waals surface area (Å²) in [6, 6.07) is 7.45. The average Bonchev–Trinajstić information content (AvgIpc) is 2.60. The topological polar surface area (TPSA) is 75.3 Å². The Balaban J connectivity index is 2.52. The Morgan fingerprint density at radius 1 is 1.38 bits per heavy atom. The lowest BCUT2D eigenvalue weighted by Gasteiger charge is -2.02. The first-order valence-corrected chi connectivity index (χ1v) is 4.74. The minimum atomic E-state index is -1.15. The third-order valence-corrected chi connectivity index (χ3v) is 2.23. The summed E-state index contributed by atoms with van der Waals surface area (Å²) < 4.78 is 1.24. The number of carbonyl (C=O) groups is 1. The van der Waals surface area contributed by atoms with Crippen molar-refractivity contribution in [3.05, 3.63) is 41.2 Å². The van der Waals surface area contributed by atoms with E-state index in [4.69, 9.17) is 16.7 Å². The number of aromatic hydroxyl groups is 1. The molecule has 1 aromatic carbocycles. The lowest BCUT2D eigenvalue weighted by atomic mass is 10.3. The van der Waals surface area contributed by atoms with E-state index in [0.717, 1.165) is 0 Å². The van der Waals surface area contributed by atoms with E-state index in [0.29, 0.717) is 5.69 Å². The molecule has 0 atom stereocenters. The minimum Gasteiger partial charge on any atom is -0.508 e. The zero-order valence-corrected chi connectivity index (χ0v) is 8.72. The van der Waals surface area contributed by atoms with Gasteiger partial charge in [-0.15, -0.1) is 0 Å². The average molecular weight is 239 g/mol. The van der Waals surface area contributed by atoms with Crippen LogP contribution in [0, 0.1) is 0 Å². The van der Waals surface area contributed by atoms with Gasteiger partial charge in [-0.25, -0.2) is 9.48 Å². The summed E-state index contributed by atoms with van der Waals surface area (Å²) in [4.78, 5) is 10.7. The number of nitrogens with zero attached hydrogens (tertiary/aromatic N) is 2. The lowest BCUT2D eigenvalue weighted by Crippen LogP contribution is -2.01. The summed E-state index contributed by atoms with van der Waals surface area (Å²) >= 11 is 5.83. The molecule has 82 valence electrons. The van der Waals surface area contributed by atoms with E-state index >= 15 is 0 Å². The molecule has 6 heteroatoms. The molecule has 1 aromatic heterocycles. The van der Waals surface area contributed by atoms with Crippen LogP contribution in [0.5, 0.6) is 5.75 Å². The van der Waals surface area contributed by atoms with Crippen molar-refractivity contribution in [2.75, 3.05) is 0 Å². The second-order valence-electron chi connectivity index (χ2n) is 3.09. The predicted octanol–water partition coefficient (Wildman–Crippen LogP) is 1.93. The summed E-state index contributed by atoms with van der Waals surface area (Å²) in [5.41, 5.74) is 0.353. The fraction of sp³-hybridized carbons (Fsp3) is 0. The fourth-order valence-electron chi connectivity index (χ4n) is 1.27. The van der Waals surface area contributed by atoms with Gasteiger partial charge in [0.15, 0.2) is 5.69 Å². The Hall–Kier alpha value is -2.01. The molecule has 0 bridgehead atoms. The van der Waals surface area contributed by atoms with Crippen molar-refractivity contribution in [1.29, 1.82) is 0 Å². The smallest absolute Gasteiger partial charge is 0.356 e. The van der Waals surface area contributed by atoms with E-state index in [2.05, 4.69) is 5.10 Å². The van der Waals surface area contributed by atoms with Crippen LogP contribution in [0.4, 0.5) is 0 Å². The standard InChI is InChI=1S/C10H7ClN2O3/c11-9-5-8(10(15)16)12-13(9)6-2-1-3-7(14)4-6/h1-5,14H,(H,15,16). The van der Waals surface area contributed by atoms with Gasteiger partial charge in [-0.05, 0) is 12.1 Å². The first-order chi connectivity index (χ1) is 7.58. The highest BCUT2D eigenvalue weighted by Crippen LogP contribution is 2.20. The summed E-state index contributed by atoms with van der Waals surface area (Å²) in [6.45, 7) is 0. The normalized spacial score (nSPS) is 10.3. The highest BCUT2D eigenvalue weighted by Gasteiger charge is 2.12. The Morgan fingerprint density at radius 2 is 2.12 bits per heavy atom. The summed E-state index contributed by atoms with van der Waals surface area (Å²) in [5.74, 6) is -1.10. The third-order valence-electron chi connectivity index (χ3n) is 1.96. The number of hydrogen-bond acceptors (Lipinski definition) is 3. The molecular formula is C10H7ClN2O3. The van der Waals surface area contributed by atoms with Gasteiger partial charge in [-0.1, -0.05) is 17.7 Å². The second-order valence-corrected chi connectivity index (χ2v) is 3.48. The first kappa shape index (κ1) is 10.5. The van der Waals surface area contributed by atoms with E-state index in [1.807, 2.05) is 0 Å². The number of rotatable bonds is 2. The molecule has 0 radical (unpaired) electrons. The number of aromatic carboxylic acids is 1. The largest absolute Gasteiger partial charge is 0.508 e. The molecule has 16 heavy (non-hydrogen) atoms. The summed E-state index contributed by atoms with van der Waals surface area (Å²) in [6.07, 6.45) is 0. The van der Waals surface area contributed by atoms with Crippen LogP contribution in [0.1, 0.15) is 10.5 Å². The summed E-state index contributed by atoms with van der Waals surface area (Å²) in [5, 5.41) is 22.0. The molecule has 0 amide bonds. The van der Waals surface area contributed by atoms with Gasteiger partial charge in [0, 0.05) is 12.1 Å². The van der Waals surface area contributed by atoms with Gasteiger partial charge >= 0.3 is 5.97 Å². The van der Waals surface area contributed by atoms with E-state index in [1.54, 1.807) is 12.1 Å². The highest BCUT2D eigenvalue weighted by molar-refractivity contribution is 6.30. The molecule has 1 heterocycles. The molecule has 0 spiro atoms. The number of halogens is 1. The van der Waals surface area contributed by atoms with Gasteiger partial charge < -0.3 is 10.2 Å². The summed E-state index contributed by atoms with van der Waals surface area (Å²) in [7, 11) is 0. The van der Waals surface area contributed by atoms with Crippen LogP contribution in [0.25, 0.3) is 5.69 Å². The second kappa shape index (κ2) is 3.86. The molecule has 0 aliphatic heterocycles. The number of hydrogen-bond donors (Lipinski definition) is 2. The Kier molecular flexibility index (Phi) is 2.54. The van der Waals surface area contributed by atoms with Gasteiger partial charge in [0.25, 0.3) is 0 Å². The van der Waals surface area contributed by atoms with Gasteiger partial charge in [0.2, 0.25) is 0 Å². The number of aromatic nitrogens is 2. The molecule has 2 N–H and O–H groups in total. The number of benzene rings is 1. The number of carboxylic acids is 1. The van der Waals surface area contributed by atoms with Crippen LogP contribution >= 0.6 is 11.6 Å². The SMILES string of the molecule is O=C(O)c1cc(Cl)n(-c2cccc(O)c2)n1. The van der Waals surface area contributed by atoms with E-state index in [1.165, 1.54) is 22.9 Å². The minimum absolute atomic E-state index is 0.0564. The lowest BCUT2D eigenvalue weighted by molar-refractivity contribution is 0.0690. The Morgan fingerprint density at radius 3 is 2.69 bits per heavy atom. The molecule has 2 rings (SSSR count). The van der Waals surface area contributed by atoms with Crippen molar-refractivity contribution < 1.29 is 15.0 Å². The van der Waals surface area contributed by atoms with Crippen molar-refractivity contribution in [2.24, 2.45) is 0 Å². The third kappa shape index (κ3) is 1.85. The van der Waals surface area contributed by atoms with Crippen LogP contribution < -0.4 is 0 Å². The molecule has 0 unspecified atom stereocenters. The molecule has 2 aromatic rings. The predicted molar refractivity (Wildman–Crippen MR) is 57.2 cm³/mol. The van der Waals surface area contributed by atoms with Crippen molar-refractivity contribution in [3.8, 4) is 11.4 Å². The monoisotopic (exact) mass is 238 g/mol. The molecule has 0 aliphatic carbocycles. The zero-order chi connectivity index (χ0) is 11.7. The quantitative estimate of drug-likeness (QED) is 0.838. The molecule has 0 aliphatic rings. The highest BCUT2D eigenvalue weighted by atomic mass is 35.5. The first-order valence-electron chi connectivity index (χ1n) is 4.36. The molecule has 5 nitrogen and oxygen atoms in total. The number of phenolic OH excluding ortho intramolecular Hbond substituents is 1. The fourth-order valence-corrected chi connectivity index (χ4v) is 1.51. The van der Waals surface area contributed by atoms with Crippen molar-refractivity contribution in [3.63, 3.8) is 0 Å². The Labute approximate surface area is 95.5 Å². The van der Waals surface area contributed by atoms with Crippen molar-refractivity contribution >= 4 is 17.6 Å². The number of carboxylic acid groups (broad SMARTS) is 1. The van der Waals surface area contributed by atoms with Crippen molar-refractivity contribution in [1.82, 2.24) is 9.78 Å². The van der Waals surface area contributed by atoms with Gasteiger partial charge in [0.05, 0.1) is 5.69 Å². The van der Waals surface area contributed by atoms with Crippen LogP contribution in [0.15, 0.2) is 30.3 Å². The van der Waals surface area contributed by atoms with Crippen LogP contribution in [0.2, 0.25) is 5.15 Å². The molecule has 0 fully saturated rings. The molecule has 0 saturated carbocycles. The van der Waals surface area contributed by atoms with Crippen molar-refractivity contribution in [2.45, 2.75) is 0 Å².